The quantitative estimate of drug-likeness (QED) is 0.583. The predicted molar refractivity (Wildman–Crippen MR) is 105 cm³/mol. The summed E-state index contributed by atoms with van der Waals surface area (Å²) in [4.78, 5) is 11.3. The minimum absolute atomic E-state index is 0.194. The predicted octanol–water partition coefficient (Wildman–Crippen LogP) is 3.80. The molecule has 3 aromatic carbocycles. The van der Waals surface area contributed by atoms with Crippen molar-refractivity contribution in [2.75, 3.05) is 5.73 Å². The molecule has 0 spiro atoms. The molecular weight excluding hydrogens is 338 g/mol. The number of hydrogen-bond donors (Lipinski definition) is 3. The molecule has 0 heterocycles. The molecule has 0 saturated carbocycles. The number of carboxylic acid groups (broad SMARTS) is 1. The normalized spacial score (nSPS) is 10.3. The Morgan fingerprint density at radius 2 is 1.81 bits per heavy atom. The van der Waals surface area contributed by atoms with Gasteiger partial charge in [-0.1, -0.05) is 48.5 Å². The van der Waals surface area contributed by atoms with E-state index in [1.54, 1.807) is 12.1 Å². The van der Waals surface area contributed by atoms with Crippen LogP contribution in [0.3, 0.4) is 0 Å². The fraction of sp³-hybridized carbons (Fsp3) is 0.0909. The average Bonchev–Trinajstić information content (AvgIpc) is 2.69. The minimum Gasteiger partial charge on any atom is -0.478 e. The van der Waals surface area contributed by atoms with Gasteiger partial charge in [0.1, 0.15) is 0 Å². The number of nitrogens with two attached hydrogens (primary N) is 1. The van der Waals surface area contributed by atoms with Crippen molar-refractivity contribution in [3.63, 3.8) is 0 Å². The third kappa shape index (κ3) is 4.14. The summed E-state index contributed by atoms with van der Waals surface area (Å²) in [5, 5.41) is 22.0. The SMILES string of the molecule is N#Cc1cc(CNCc2c(N)cccc2C(=O)O)ccc1-c1ccccc1. The molecule has 3 aromatic rings. The third-order valence-electron chi connectivity index (χ3n) is 4.36. The molecule has 134 valence electrons. The van der Waals surface area contributed by atoms with E-state index in [0.717, 1.165) is 16.7 Å². The summed E-state index contributed by atoms with van der Waals surface area (Å²) >= 11 is 0. The summed E-state index contributed by atoms with van der Waals surface area (Å²) in [6.45, 7) is 0.827. The molecular formula is C22H19N3O2. The summed E-state index contributed by atoms with van der Waals surface area (Å²) in [5.74, 6) is -1.00. The number of anilines is 1. The average molecular weight is 357 g/mol. The van der Waals surface area contributed by atoms with Gasteiger partial charge in [-0.2, -0.15) is 5.26 Å². The molecule has 0 aliphatic carbocycles. The van der Waals surface area contributed by atoms with E-state index >= 15 is 0 Å². The number of hydrogen-bond acceptors (Lipinski definition) is 4. The van der Waals surface area contributed by atoms with Crippen LogP contribution in [-0.2, 0) is 13.1 Å². The second-order valence-electron chi connectivity index (χ2n) is 6.14. The number of nitrogens with one attached hydrogen (secondary N) is 1. The Labute approximate surface area is 157 Å². The summed E-state index contributed by atoms with van der Waals surface area (Å²) in [7, 11) is 0. The van der Waals surface area contributed by atoms with Gasteiger partial charge in [-0.05, 0) is 34.9 Å². The summed E-state index contributed by atoms with van der Waals surface area (Å²) in [5.41, 5.74) is 10.6. The molecule has 0 bridgehead atoms. The first kappa shape index (κ1) is 18.2. The van der Waals surface area contributed by atoms with Crippen LogP contribution in [0.1, 0.15) is 27.0 Å². The lowest BCUT2D eigenvalue weighted by molar-refractivity contribution is 0.0695. The standard InChI is InChI=1S/C22H19N3O2/c23-12-17-11-15(9-10-18(17)16-5-2-1-3-6-16)13-25-14-20-19(22(26)27)7-4-8-21(20)24/h1-11,25H,13-14,24H2,(H,26,27). The molecule has 3 rings (SSSR count). The van der Waals surface area contributed by atoms with Crippen LogP contribution in [-0.4, -0.2) is 11.1 Å². The zero-order chi connectivity index (χ0) is 19.2. The molecule has 4 N–H and O–H groups in total. The maximum absolute atomic E-state index is 11.3. The van der Waals surface area contributed by atoms with Gasteiger partial charge in [-0.3, -0.25) is 0 Å². The van der Waals surface area contributed by atoms with Crippen molar-refractivity contribution in [3.8, 4) is 17.2 Å². The van der Waals surface area contributed by atoms with Gasteiger partial charge in [0.2, 0.25) is 0 Å². The molecule has 0 saturated heterocycles. The maximum Gasteiger partial charge on any atom is 0.336 e. The number of nitrogen functional groups attached to an aromatic ring is 1. The van der Waals surface area contributed by atoms with Crippen molar-refractivity contribution in [3.05, 3.63) is 89.0 Å². The van der Waals surface area contributed by atoms with Crippen LogP contribution in [0.25, 0.3) is 11.1 Å². The first-order valence-electron chi connectivity index (χ1n) is 8.50. The number of nitrogens with zero attached hydrogens (tertiary/aromatic N) is 1. The van der Waals surface area contributed by atoms with Gasteiger partial charge in [0.05, 0.1) is 17.2 Å². The van der Waals surface area contributed by atoms with Gasteiger partial charge < -0.3 is 16.2 Å². The third-order valence-corrected chi connectivity index (χ3v) is 4.36. The topological polar surface area (TPSA) is 99.1 Å². The second kappa shape index (κ2) is 8.17. The highest BCUT2D eigenvalue weighted by molar-refractivity contribution is 5.91. The van der Waals surface area contributed by atoms with Gasteiger partial charge >= 0.3 is 5.97 Å². The monoisotopic (exact) mass is 357 g/mol. The second-order valence-corrected chi connectivity index (χ2v) is 6.14. The van der Waals surface area contributed by atoms with E-state index in [4.69, 9.17) is 5.73 Å². The number of carbonyl (C=O) groups is 1. The van der Waals surface area contributed by atoms with E-state index < -0.39 is 5.97 Å². The van der Waals surface area contributed by atoms with Crippen molar-refractivity contribution in [1.29, 1.82) is 5.26 Å². The molecule has 0 aliphatic rings. The minimum atomic E-state index is -1.00. The Morgan fingerprint density at radius 3 is 2.52 bits per heavy atom. The van der Waals surface area contributed by atoms with Crippen LogP contribution >= 0.6 is 0 Å². The Morgan fingerprint density at radius 1 is 1.04 bits per heavy atom. The molecule has 5 nitrogen and oxygen atoms in total. The van der Waals surface area contributed by atoms with E-state index in [0.29, 0.717) is 29.9 Å². The van der Waals surface area contributed by atoms with Crippen LogP contribution < -0.4 is 11.1 Å². The highest BCUT2D eigenvalue weighted by Crippen LogP contribution is 2.24. The lowest BCUT2D eigenvalue weighted by Gasteiger charge is -2.12. The lowest BCUT2D eigenvalue weighted by atomic mass is 9.98. The molecule has 0 aliphatic heterocycles. The lowest BCUT2D eigenvalue weighted by Crippen LogP contribution is -2.17. The first-order valence-corrected chi connectivity index (χ1v) is 8.50. The van der Waals surface area contributed by atoms with Gasteiger partial charge in [-0.15, -0.1) is 0 Å². The number of carboxylic acids is 1. The Hall–Kier alpha value is -3.62. The Kier molecular flexibility index (Phi) is 5.50. The largest absolute Gasteiger partial charge is 0.478 e. The maximum atomic E-state index is 11.3. The summed E-state index contributed by atoms with van der Waals surface area (Å²) < 4.78 is 0. The van der Waals surface area contributed by atoms with Crippen molar-refractivity contribution in [2.24, 2.45) is 0 Å². The van der Waals surface area contributed by atoms with Gasteiger partial charge in [-0.25, -0.2) is 4.79 Å². The van der Waals surface area contributed by atoms with Crippen LogP contribution in [0.2, 0.25) is 0 Å². The molecule has 0 atom stereocenters. The molecule has 0 fully saturated rings. The first-order chi connectivity index (χ1) is 13.1. The van der Waals surface area contributed by atoms with E-state index in [9.17, 15) is 15.2 Å². The van der Waals surface area contributed by atoms with Gasteiger partial charge in [0.25, 0.3) is 0 Å². The van der Waals surface area contributed by atoms with E-state index in [1.807, 2.05) is 48.5 Å². The Balaban J connectivity index is 1.75. The molecule has 5 heteroatoms. The highest BCUT2D eigenvalue weighted by Gasteiger charge is 2.12. The number of aromatic carboxylic acids is 1. The number of rotatable bonds is 6. The van der Waals surface area contributed by atoms with E-state index in [-0.39, 0.29) is 5.56 Å². The zero-order valence-electron chi connectivity index (χ0n) is 14.6. The summed E-state index contributed by atoms with van der Waals surface area (Å²) in [6, 6.07) is 22.6. The molecule has 0 amide bonds. The fourth-order valence-electron chi connectivity index (χ4n) is 3.00. The number of benzene rings is 3. The highest BCUT2D eigenvalue weighted by atomic mass is 16.4. The van der Waals surface area contributed by atoms with Crippen LogP contribution in [0, 0.1) is 11.3 Å². The number of nitriles is 1. The van der Waals surface area contributed by atoms with Crippen LogP contribution in [0.5, 0.6) is 0 Å². The molecule has 0 unspecified atom stereocenters. The molecule has 0 aromatic heterocycles. The van der Waals surface area contributed by atoms with Gasteiger partial charge in [0, 0.05) is 24.3 Å². The van der Waals surface area contributed by atoms with Crippen molar-refractivity contribution < 1.29 is 9.90 Å². The van der Waals surface area contributed by atoms with Crippen molar-refractivity contribution in [2.45, 2.75) is 13.1 Å². The molecule has 0 radical (unpaired) electrons. The zero-order valence-corrected chi connectivity index (χ0v) is 14.6. The van der Waals surface area contributed by atoms with E-state index in [1.165, 1.54) is 6.07 Å². The summed E-state index contributed by atoms with van der Waals surface area (Å²) in [6.07, 6.45) is 0. The van der Waals surface area contributed by atoms with Crippen molar-refractivity contribution in [1.82, 2.24) is 5.32 Å². The fourth-order valence-corrected chi connectivity index (χ4v) is 3.00. The van der Waals surface area contributed by atoms with Crippen LogP contribution in [0.15, 0.2) is 66.7 Å². The Bertz CT molecular complexity index is 1010. The smallest absolute Gasteiger partial charge is 0.336 e. The van der Waals surface area contributed by atoms with Crippen molar-refractivity contribution >= 4 is 11.7 Å². The van der Waals surface area contributed by atoms with E-state index in [2.05, 4.69) is 11.4 Å². The van der Waals surface area contributed by atoms with Crippen LogP contribution in [0.4, 0.5) is 5.69 Å². The molecule has 27 heavy (non-hydrogen) atoms. The van der Waals surface area contributed by atoms with Gasteiger partial charge in [0.15, 0.2) is 0 Å².